The van der Waals surface area contributed by atoms with Crippen molar-refractivity contribution in [1.29, 1.82) is 0 Å². The standard InChI is InChI=1S/C9H17N3O/c1-12-7-8(6-11-12)5-9(10)3-4-13-2/h6-7,9H,3-5,10H2,1-2H3. The first kappa shape index (κ1) is 10.2. The van der Waals surface area contributed by atoms with Gasteiger partial charge in [0.05, 0.1) is 6.20 Å². The Morgan fingerprint density at radius 1 is 1.69 bits per heavy atom. The molecule has 2 N–H and O–H groups in total. The molecule has 0 saturated carbocycles. The summed E-state index contributed by atoms with van der Waals surface area (Å²) in [6.45, 7) is 0.724. The molecule has 4 nitrogen and oxygen atoms in total. The van der Waals surface area contributed by atoms with Gasteiger partial charge in [-0.2, -0.15) is 5.10 Å². The Kier molecular flexibility index (Phi) is 3.92. The Bertz CT molecular complexity index is 247. The molecular formula is C9H17N3O. The van der Waals surface area contributed by atoms with E-state index >= 15 is 0 Å². The van der Waals surface area contributed by atoms with E-state index < -0.39 is 0 Å². The summed E-state index contributed by atoms with van der Waals surface area (Å²) in [5.74, 6) is 0. The Morgan fingerprint density at radius 2 is 2.46 bits per heavy atom. The molecule has 0 saturated heterocycles. The van der Waals surface area contributed by atoms with Crippen LogP contribution in [0.1, 0.15) is 12.0 Å². The number of nitrogens with two attached hydrogens (primary N) is 1. The molecule has 1 atom stereocenters. The molecule has 1 unspecified atom stereocenters. The van der Waals surface area contributed by atoms with Gasteiger partial charge in [0.2, 0.25) is 0 Å². The number of hydrogen-bond donors (Lipinski definition) is 1. The van der Waals surface area contributed by atoms with Crippen molar-refractivity contribution >= 4 is 0 Å². The van der Waals surface area contributed by atoms with E-state index in [9.17, 15) is 0 Å². The quantitative estimate of drug-likeness (QED) is 0.715. The van der Waals surface area contributed by atoms with E-state index in [1.807, 2.05) is 19.4 Å². The lowest BCUT2D eigenvalue weighted by Gasteiger charge is -2.08. The van der Waals surface area contributed by atoms with Crippen molar-refractivity contribution in [1.82, 2.24) is 9.78 Å². The van der Waals surface area contributed by atoms with Gasteiger partial charge in [0.1, 0.15) is 0 Å². The normalized spacial score (nSPS) is 13.2. The van der Waals surface area contributed by atoms with Crippen molar-refractivity contribution in [3.8, 4) is 0 Å². The second-order valence-electron chi connectivity index (χ2n) is 3.27. The molecule has 0 amide bonds. The van der Waals surface area contributed by atoms with E-state index in [2.05, 4.69) is 5.10 Å². The van der Waals surface area contributed by atoms with Crippen LogP contribution >= 0.6 is 0 Å². The summed E-state index contributed by atoms with van der Waals surface area (Å²) in [5, 5.41) is 4.08. The maximum atomic E-state index is 5.88. The second kappa shape index (κ2) is 4.99. The minimum atomic E-state index is 0.171. The fourth-order valence-corrected chi connectivity index (χ4v) is 1.25. The van der Waals surface area contributed by atoms with Crippen molar-refractivity contribution in [3.05, 3.63) is 18.0 Å². The maximum absolute atomic E-state index is 5.88. The molecule has 74 valence electrons. The van der Waals surface area contributed by atoms with Crippen LogP contribution in [-0.2, 0) is 18.2 Å². The Hall–Kier alpha value is -0.870. The molecule has 1 rings (SSSR count). The topological polar surface area (TPSA) is 53.1 Å². The van der Waals surface area contributed by atoms with Gasteiger partial charge in [-0.25, -0.2) is 0 Å². The molecular weight excluding hydrogens is 166 g/mol. The maximum Gasteiger partial charge on any atom is 0.0522 e. The fraction of sp³-hybridized carbons (Fsp3) is 0.667. The molecule has 1 aromatic rings. The summed E-state index contributed by atoms with van der Waals surface area (Å²) in [7, 11) is 3.60. The average molecular weight is 183 g/mol. The largest absolute Gasteiger partial charge is 0.385 e. The van der Waals surface area contributed by atoms with Crippen LogP contribution in [0.2, 0.25) is 0 Å². The molecule has 0 aliphatic rings. The number of nitrogens with zero attached hydrogens (tertiary/aromatic N) is 2. The first-order chi connectivity index (χ1) is 6.22. The third kappa shape index (κ3) is 3.57. The van der Waals surface area contributed by atoms with Crippen molar-refractivity contribution < 1.29 is 4.74 Å². The number of ether oxygens (including phenoxy) is 1. The van der Waals surface area contributed by atoms with Crippen LogP contribution in [0.5, 0.6) is 0 Å². The van der Waals surface area contributed by atoms with Crippen LogP contribution in [-0.4, -0.2) is 29.5 Å². The van der Waals surface area contributed by atoms with Gasteiger partial charge in [0.15, 0.2) is 0 Å². The minimum absolute atomic E-state index is 0.171. The second-order valence-corrected chi connectivity index (χ2v) is 3.27. The molecule has 0 spiro atoms. The van der Waals surface area contributed by atoms with E-state index in [1.165, 1.54) is 5.56 Å². The molecule has 0 radical (unpaired) electrons. The third-order valence-corrected chi connectivity index (χ3v) is 1.95. The predicted octanol–water partition coefficient (Wildman–Crippen LogP) is 0.326. The van der Waals surface area contributed by atoms with Crippen LogP contribution < -0.4 is 5.73 Å². The monoisotopic (exact) mass is 183 g/mol. The van der Waals surface area contributed by atoms with E-state index in [-0.39, 0.29) is 6.04 Å². The van der Waals surface area contributed by atoms with Crippen molar-refractivity contribution in [3.63, 3.8) is 0 Å². The number of aromatic nitrogens is 2. The molecule has 0 aromatic carbocycles. The fourth-order valence-electron chi connectivity index (χ4n) is 1.25. The van der Waals surface area contributed by atoms with Crippen molar-refractivity contribution in [2.24, 2.45) is 12.8 Å². The van der Waals surface area contributed by atoms with E-state index in [0.29, 0.717) is 0 Å². The van der Waals surface area contributed by atoms with E-state index in [4.69, 9.17) is 10.5 Å². The Morgan fingerprint density at radius 3 is 3.00 bits per heavy atom. The molecule has 4 heteroatoms. The zero-order chi connectivity index (χ0) is 9.68. The highest BCUT2D eigenvalue weighted by atomic mass is 16.5. The smallest absolute Gasteiger partial charge is 0.0522 e. The van der Waals surface area contributed by atoms with Crippen LogP contribution in [0.15, 0.2) is 12.4 Å². The summed E-state index contributed by atoms with van der Waals surface area (Å²) in [4.78, 5) is 0. The van der Waals surface area contributed by atoms with Crippen molar-refractivity contribution in [2.75, 3.05) is 13.7 Å². The lowest BCUT2D eigenvalue weighted by molar-refractivity contribution is 0.188. The SMILES string of the molecule is COCCC(N)Cc1cnn(C)c1. The summed E-state index contributed by atoms with van der Waals surface area (Å²) in [6.07, 6.45) is 5.61. The minimum Gasteiger partial charge on any atom is -0.385 e. The Balaban J connectivity index is 2.31. The highest BCUT2D eigenvalue weighted by molar-refractivity contribution is 5.05. The number of aryl methyl sites for hydroxylation is 1. The predicted molar refractivity (Wildman–Crippen MR) is 51.4 cm³/mol. The molecule has 0 fully saturated rings. The van der Waals surface area contributed by atoms with Crippen LogP contribution in [0.25, 0.3) is 0 Å². The van der Waals surface area contributed by atoms with Gasteiger partial charge < -0.3 is 10.5 Å². The van der Waals surface area contributed by atoms with E-state index in [1.54, 1.807) is 11.8 Å². The van der Waals surface area contributed by atoms with Gasteiger partial charge >= 0.3 is 0 Å². The van der Waals surface area contributed by atoms with Gasteiger partial charge in [0.25, 0.3) is 0 Å². The molecule has 0 aliphatic heterocycles. The van der Waals surface area contributed by atoms with Crippen LogP contribution in [0, 0.1) is 0 Å². The summed E-state index contributed by atoms with van der Waals surface area (Å²) in [5.41, 5.74) is 7.07. The number of methoxy groups -OCH3 is 1. The van der Waals surface area contributed by atoms with Gasteiger partial charge in [-0.3, -0.25) is 4.68 Å². The first-order valence-electron chi connectivity index (χ1n) is 4.44. The molecule has 1 heterocycles. The summed E-state index contributed by atoms with van der Waals surface area (Å²) < 4.78 is 6.74. The number of rotatable bonds is 5. The van der Waals surface area contributed by atoms with Gasteiger partial charge in [-0.1, -0.05) is 0 Å². The van der Waals surface area contributed by atoms with E-state index in [0.717, 1.165) is 19.4 Å². The Labute approximate surface area is 78.7 Å². The highest BCUT2D eigenvalue weighted by Crippen LogP contribution is 2.02. The molecule has 1 aromatic heterocycles. The van der Waals surface area contributed by atoms with Gasteiger partial charge in [0, 0.05) is 33.0 Å². The lowest BCUT2D eigenvalue weighted by Crippen LogP contribution is -2.24. The van der Waals surface area contributed by atoms with Gasteiger partial charge in [-0.05, 0) is 18.4 Å². The zero-order valence-electron chi connectivity index (χ0n) is 8.23. The summed E-state index contributed by atoms with van der Waals surface area (Å²) in [6, 6.07) is 0.171. The average Bonchev–Trinajstić information content (AvgIpc) is 2.48. The van der Waals surface area contributed by atoms with Crippen LogP contribution in [0.4, 0.5) is 0 Å². The zero-order valence-corrected chi connectivity index (χ0v) is 8.23. The first-order valence-corrected chi connectivity index (χ1v) is 4.44. The van der Waals surface area contributed by atoms with Crippen LogP contribution in [0.3, 0.4) is 0 Å². The third-order valence-electron chi connectivity index (χ3n) is 1.95. The van der Waals surface area contributed by atoms with Crippen molar-refractivity contribution in [2.45, 2.75) is 18.9 Å². The molecule has 13 heavy (non-hydrogen) atoms. The molecule has 0 bridgehead atoms. The number of hydrogen-bond acceptors (Lipinski definition) is 3. The van der Waals surface area contributed by atoms with Gasteiger partial charge in [-0.15, -0.1) is 0 Å². The lowest BCUT2D eigenvalue weighted by atomic mass is 10.1. The highest BCUT2D eigenvalue weighted by Gasteiger charge is 2.04. The molecule has 0 aliphatic carbocycles. The summed E-state index contributed by atoms with van der Waals surface area (Å²) >= 11 is 0.